The van der Waals surface area contributed by atoms with E-state index in [4.69, 9.17) is 10.6 Å². The maximum atomic E-state index is 5.68. The number of hydrogen-bond donors (Lipinski definition) is 1. The molecule has 0 spiro atoms. The summed E-state index contributed by atoms with van der Waals surface area (Å²) in [4.78, 5) is 2.46. The van der Waals surface area contributed by atoms with Crippen LogP contribution in [0, 0.1) is 0 Å². The fraction of sp³-hybridized carbons (Fsp3) is 0.500. The third-order valence-corrected chi connectivity index (χ3v) is 3.20. The zero-order chi connectivity index (χ0) is 12.8. The zero-order valence-electron chi connectivity index (χ0n) is 10.9. The van der Waals surface area contributed by atoms with Crippen LogP contribution in [0.15, 0.2) is 23.3 Å². The molecule has 98 valence electrons. The van der Waals surface area contributed by atoms with Gasteiger partial charge in [-0.3, -0.25) is 4.90 Å². The van der Waals surface area contributed by atoms with Gasteiger partial charge in [0.2, 0.25) is 0 Å². The minimum absolute atomic E-state index is 0.692. The molecule has 0 aliphatic carbocycles. The number of benzene rings is 1. The second-order valence-corrected chi connectivity index (χ2v) is 4.56. The summed E-state index contributed by atoms with van der Waals surface area (Å²) in [5, 5.41) is 3.58. The van der Waals surface area contributed by atoms with Crippen LogP contribution in [0.1, 0.15) is 30.9 Å². The van der Waals surface area contributed by atoms with Crippen molar-refractivity contribution in [2.45, 2.75) is 26.3 Å². The van der Waals surface area contributed by atoms with Crippen molar-refractivity contribution in [3.63, 3.8) is 0 Å². The molecule has 1 aliphatic heterocycles. The van der Waals surface area contributed by atoms with Crippen molar-refractivity contribution in [1.29, 1.82) is 0 Å². The third-order valence-electron chi connectivity index (χ3n) is 3.20. The van der Waals surface area contributed by atoms with E-state index in [1.165, 1.54) is 31.5 Å². The Labute approximate surface area is 108 Å². The molecule has 18 heavy (non-hydrogen) atoms. The molecular weight excluding hydrogens is 226 g/mol. The van der Waals surface area contributed by atoms with Crippen LogP contribution < -0.4 is 10.6 Å². The molecule has 0 bridgehead atoms. The van der Waals surface area contributed by atoms with Crippen LogP contribution in [-0.4, -0.2) is 30.8 Å². The molecular formula is C14H21N3O. The van der Waals surface area contributed by atoms with Gasteiger partial charge in [0.15, 0.2) is 0 Å². The van der Waals surface area contributed by atoms with Gasteiger partial charge in [-0.1, -0.05) is 0 Å². The van der Waals surface area contributed by atoms with E-state index in [1.54, 1.807) is 6.21 Å². The van der Waals surface area contributed by atoms with Crippen molar-refractivity contribution in [3.8, 4) is 5.75 Å². The quantitative estimate of drug-likeness (QED) is 0.492. The van der Waals surface area contributed by atoms with Crippen molar-refractivity contribution in [2.24, 2.45) is 10.9 Å². The van der Waals surface area contributed by atoms with Gasteiger partial charge in [0.05, 0.1) is 12.8 Å². The van der Waals surface area contributed by atoms with Crippen molar-refractivity contribution in [1.82, 2.24) is 4.90 Å². The lowest BCUT2D eigenvalue weighted by molar-refractivity contribution is 0.305. The van der Waals surface area contributed by atoms with Crippen LogP contribution in [-0.2, 0) is 6.54 Å². The minimum Gasteiger partial charge on any atom is -0.494 e. The first-order valence-corrected chi connectivity index (χ1v) is 6.55. The number of nitrogens with zero attached hydrogens (tertiary/aromatic N) is 2. The van der Waals surface area contributed by atoms with Gasteiger partial charge in [-0.2, -0.15) is 5.10 Å². The molecule has 1 saturated heterocycles. The highest BCUT2D eigenvalue weighted by Crippen LogP contribution is 2.23. The first-order valence-electron chi connectivity index (χ1n) is 6.55. The van der Waals surface area contributed by atoms with Gasteiger partial charge in [-0.15, -0.1) is 0 Å². The van der Waals surface area contributed by atoms with Crippen LogP contribution in [0.25, 0.3) is 0 Å². The summed E-state index contributed by atoms with van der Waals surface area (Å²) in [7, 11) is 0. The normalized spacial score (nSPS) is 16.5. The number of hydrazone groups is 1. The third kappa shape index (κ3) is 3.23. The first kappa shape index (κ1) is 12.9. The van der Waals surface area contributed by atoms with Crippen molar-refractivity contribution >= 4 is 6.21 Å². The van der Waals surface area contributed by atoms with Crippen LogP contribution in [0.5, 0.6) is 5.75 Å². The van der Waals surface area contributed by atoms with E-state index in [0.29, 0.717) is 6.61 Å². The van der Waals surface area contributed by atoms with Crippen molar-refractivity contribution in [3.05, 3.63) is 29.3 Å². The van der Waals surface area contributed by atoms with E-state index in [9.17, 15) is 0 Å². The molecule has 0 aromatic heterocycles. The average Bonchev–Trinajstić information content (AvgIpc) is 2.86. The number of likely N-dealkylation sites (tertiary alicyclic amines) is 1. The van der Waals surface area contributed by atoms with Gasteiger partial charge in [0.1, 0.15) is 5.75 Å². The van der Waals surface area contributed by atoms with Crippen LogP contribution in [0.4, 0.5) is 0 Å². The topological polar surface area (TPSA) is 50.9 Å². The fourth-order valence-electron chi connectivity index (χ4n) is 2.37. The highest BCUT2D eigenvalue weighted by molar-refractivity contribution is 5.80. The van der Waals surface area contributed by atoms with Gasteiger partial charge in [0, 0.05) is 12.1 Å². The highest BCUT2D eigenvalue weighted by Gasteiger charge is 2.14. The smallest absolute Gasteiger partial charge is 0.123 e. The summed E-state index contributed by atoms with van der Waals surface area (Å²) in [5.74, 6) is 6.17. The largest absolute Gasteiger partial charge is 0.494 e. The van der Waals surface area contributed by atoms with Gasteiger partial charge >= 0.3 is 0 Å². The zero-order valence-corrected chi connectivity index (χ0v) is 10.9. The molecule has 0 atom stereocenters. The summed E-state index contributed by atoms with van der Waals surface area (Å²) in [6.45, 7) is 6.01. The van der Waals surface area contributed by atoms with E-state index in [2.05, 4.69) is 16.1 Å². The molecule has 2 rings (SSSR count). The van der Waals surface area contributed by atoms with Crippen LogP contribution in [0.3, 0.4) is 0 Å². The second kappa shape index (κ2) is 6.40. The minimum atomic E-state index is 0.692. The maximum Gasteiger partial charge on any atom is 0.123 e. The Morgan fingerprint density at radius 1 is 1.39 bits per heavy atom. The fourth-order valence-corrected chi connectivity index (χ4v) is 2.37. The Bertz CT molecular complexity index is 412. The monoisotopic (exact) mass is 247 g/mol. The van der Waals surface area contributed by atoms with E-state index >= 15 is 0 Å². The summed E-state index contributed by atoms with van der Waals surface area (Å²) in [5.41, 5.74) is 2.24. The number of nitrogens with two attached hydrogens (primary N) is 1. The lowest BCUT2D eigenvalue weighted by Crippen LogP contribution is -2.19. The molecule has 0 saturated carbocycles. The number of rotatable bonds is 5. The molecule has 1 aromatic carbocycles. The number of hydrogen-bond acceptors (Lipinski definition) is 4. The van der Waals surface area contributed by atoms with Gasteiger partial charge < -0.3 is 10.6 Å². The predicted molar refractivity (Wildman–Crippen MR) is 73.9 cm³/mol. The number of ether oxygens (including phenoxy) is 1. The average molecular weight is 247 g/mol. The highest BCUT2D eigenvalue weighted by atomic mass is 16.5. The SMILES string of the molecule is CCOc1ccc(C=NN)cc1CN1CCCC1. The summed E-state index contributed by atoms with van der Waals surface area (Å²) in [6.07, 6.45) is 4.27. The molecule has 0 unspecified atom stereocenters. The lowest BCUT2D eigenvalue weighted by atomic mass is 10.1. The van der Waals surface area contributed by atoms with E-state index in [0.717, 1.165) is 17.9 Å². The van der Waals surface area contributed by atoms with Crippen LogP contribution >= 0.6 is 0 Å². The maximum absolute atomic E-state index is 5.68. The summed E-state index contributed by atoms with van der Waals surface area (Å²) >= 11 is 0. The molecule has 1 aliphatic rings. The predicted octanol–water partition coefficient (Wildman–Crippen LogP) is 1.97. The van der Waals surface area contributed by atoms with E-state index < -0.39 is 0 Å². The first-order chi connectivity index (χ1) is 8.83. The standard InChI is InChI=1S/C14H21N3O/c1-2-18-14-6-5-12(10-16-15)9-13(14)11-17-7-3-4-8-17/h5-6,9-10H,2-4,7-8,11,15H2,1H3. The van der Waals surface area contributed by atoms with E-state index in [1.807, 2.05) is 19.1 Å². The molecule has 0 radical (unpaired) electrons. The lowest BCUT2D eigenvalue weighted by Gasteiger charge is -2.18. The summed E-state index contributed by atoms with van der Waals surface area (Å²) < 4.78 is 5.68. The van der Waals surface area contributed by atoms with Gasteiger partial charge in [-0.05, 0) is 56.6 Å². The second-order valence-electron chi connectivity index (χ2n) is 4.56. The molecule has 2 N–H and O–H groups in total. The molecule has 0 amide bonds. The molecule has 4 nitrogen and oxygen atoms in total. The van der Waals surface area contributed by atoms with Crippen LogP contribution in [0.2, 0.25) is 0 Å². The van der Waals surface area contributed by atoms with Crippen molar-refractivity contribution in [2.75, 3.05) is 19.7 Å². The Morgan fingerprint density at radius 2 is 2.17 bits per heavy atom. The Kier molecular flexibility index (Phi) is 4.59. The van der Waals surface area contributed by atoms with E-state index in [-0.39, 0.29) is 0 Å². The molecule has 1 heterocycles. The summed E-state index contributed by atoms with van der Waals surface area (Å²) in [6, 6.07) is 6.10. The Morgan fingerprint density at radius 3 is 2.83 bits per heavy atom. The Hall–Kier alpha value is -1.55. The van der Waals surface area contributed by atoms with Gasteiger partial charge in [0.25, 0.3) is 0 Å². The van der Waals surface area contributed by atoms with Gasteiger partial charge in [-0.25, -0.2) is 0 Å². The Balaban J connectivity index is 2.18. The molecule has 1 fully saturated rings. The van der Waals surface area contributed by atoms with Crippen molar-refractivity contribution < 1.29 is 4.74 Å². The molecule has 1 aromatic rings. The molecule has 4 heteroatoms.